The Morgan fingerprint density at radius 1 is 1.64 bits per heavy atom. The quantitative estimate of drug-likeness (QED) is 0.363. The molecule has 0 aliphatic rings. The van der Waals surface area contributed by atoms with Crippen LogP contribution in [0.25, 0.3) is 0 Å². The Labute approximate surface area is 90.7 Å². The van der Waals surface area contributed by atoms with Gasteiger partial charge < -0.3 is 10.6 Å². The van der Waals surface area contributed by atoms with E-state index in [1.807, 2.05) is 0 Å². The van der Waals surface area contributed by atoms with Gasteiger partial charge in [0.2, 0.25) is 0 Å². The van der Waals surface area contributed by atoms with Crippen molar-refractivity contribution in [3.63, 3.8) is 0 Å². The number of nitrogens with one attached hydrogen (secondary N) is 1. The lowest BCUT2D eigenvalue weighted by Crippen LogP contribution is -2.03. The number of pyridine rings is 1. The topological polar surface area (TPSA) is 69.3 Å². The van der Waals surface area contributed by atoms with Crippen LogP contribution in [0.5, 0.6) is 0 Å². The molecule has 0 aromatic carbocycles. The van der Waals surface area contributed by atoms with E-state index in [1.54, 1.807) is 6.07 Å². The van der Waals surface area contributed by atoms with E-state index in [4.69, 9.17) is 33.8 Å². The van der Waals surface area contributed by atoms with Crippen molar-refractivity contribution < 1.29 is 5.21 Å². The Hall–Kier alpha value is -1.13. The van der Waals surface area contributed by atoms with Crippen LogP contribution in [0, 0.1) is 5.41 Å². The van der Waals surface area contributed by atoms with E-state index in [0.717, 1.165) is 11.8 Å². The third-order valence-corrected chi connectivity index (χ3v) is 2.15. The fourth-order valence-electron chi connectivity index (χ4n) is 0.893. The molecular formula is C8H7Cl2N3O. The molecule has 0 aliphatic heterocycles. The molecule has 1 rings (SSSR count). The van der Waals surface area contributed by atoms with Crippen molar-refractivity contribution in [3.05, 3.63) is 28.0 Å². The Balaban J connectivity index is 2.78. The molecule has 1 heterocycles. The van der Waals surface area contributed by atoms with Crippen molar-refractivity contribution in [2.75, 3.05) is 0 Å². The van der Waals surface area contributed by atoms with Gasteiger partial charge in [-0.3, -0.25) is 0 Å². The molecule has 0 radical (unpaired) electrons. The van der Waals surface area contributed by atoms with Crippen LogP contribution < -0.4 is 0 Å². The van der Waals surface area contributed by atoms with Gasteiger partial charge in [0.1, 0.15) is 5.15 Å². The lowest BCUT2D eigenvalue weighted by molar-refractivity contribution is 0.322. The molecule has 74 valence electrons. The minimum Gasteiger partial charge on any atom is -0.411 e. The number of aromatic nitrogens is 1. The van der Waals surface area contributed by atoms with Crippen LogP contribution >= 0.6 is 23.2 Å². The summed E-state index contributed by atoms with van der Waals surface area (Å²) in [5.74, 6) is 0. The number of oxime groups is 1. The first-order valence-corrected chi connectivity index (χ1v) is 4.44. The van der Waals surface area contributed by atoms with E-state index in [-0.39, 0.29) is 10.9 Å². The summed E-state index contributed by atoms with van der Waals surface area (Å²) in [4.78, 5) is 3.82. The predicted octanol–water partition coefficient (Wildman–Crippen LogP) is 2.41. The maximum absolute atomic E-state index is 8.18. The van der Waals surface area contributed by atoms with Crippen LogP contribution in [0.15, 0.2) is 17.4 Å². The summed E-state index contributed by atoms with van der Waals surface area (Å²) < 4.78 is 0. The van der Waals surface area contributed by atoms with Gasteiger partial charge in [-0.15, -0.1) is 0 Å². The Kier molecular flexibility index (Phi) is 3.85. The van der Waals surface area contributed by atoms with E-state index in [1.165, 1.54) is 6.20 Å². The smallest absolute Gasteiger partial charge is 0.147 e. The highest BCUT2D eigenvalue weighted by Gasteiger charge is 2.02. The van der Waals surface area contributed by atoms with Crippen LogP contribution in [-0.4, -0.2) is 22.1 Å². The van der Waals surface area contributed by atoms with E-state index >= 15 is 0 Å². The third kappa shape index (κ3) is 2.97. The number of halogens is 2. The van der Waals surface area contributed by atoms with Gasteiger partial charge in [-0.1, -0.05) is 28.4 Å². The number of hydrogen-bond acceptors (Lipinski definition) is 4. The standard InChI is InChI=1S/C8H7Cl2N3O/c9-7-2-5(3-12-8(7)10)1-6(11)4-13-14/h2-4,11,14H,1H2. The monoisotopic (exact) mass is 231 g/mol. The van der Waals surface area contributed by atoms with Crippen LogP contribution in [0.4, 0.5) is 0 Å². The maximum atomic E-state index is 8.18. The van der Waals surface area contributed by atoms with E-state index in [9.17, 15) is 0 Å². The van der Waals surface area contributed by atoms with Crippen molar-refractivity contribution in [3.8, 4) is 0 Å². The van der Waals surface area contributed by atoms with E-state index < -0.39 is 0 Å². The second kappa shape index (κ2) is 4.93. The first-order valence-electron chi connectivity index (χ1n) is 3.68. The highest BCUT2D eigenvalue weighted by atomic mass is 35.5. The van der Waals surface area contributed by atoms with Gasteiger partial charge in [0.15, 0.2) is 0 Å². The SMILES string of the molecule is N=C(C=NO)Cc1cnc(Cl)c(Cl)c1. The molecule has 6 heteroatoms. The lowest BCUT2D eigenvalue weighted by Gasteiger charge is -2.00. The third-order valence-electron chi connectivity index (χ3n) is 1.46. The molecule has 0 aliphatic carbocycles. The summed E-state index contributed by atoms with van der Waals surface area (Å²) in [6.07, 6.45) is 2.87. The van der Waals surface area contributed by atoms with Crippen molar-refractivity contribution in [2.24, 2.45) is 5.16 Å². The summed E-state index contributed by atoms with van der Waals surface area (Å²) in [7, 11) is 0. The van der Waals surface area contributed by atoms with E-state index in [2.05, 4.69) is 10.1 Å². The van der Waals surface area contributed by atoms with Gasteiger partial charge >= 0.3 is 0 Å². The molecule has 0 bridgehead atoms. The van der Waals surface area contributed by atoms with Crippen LogP contribution in [0.2, 0.25) is 10.2 Å². The largest absolute Gasteiger partial charge is 0.411 e. The maximum Gasteiger partial charge on any atom is 0.147 e. The number of nitrogens with zero attached hydrogens (tertiary/aromatic N) is 2. The highest BCUT2D eigenvalue weighted by Crippen LogP contribution is 2.19. The molecule has 4 nitrogen and oxygen atoms in total. The first-order chi connectivity index (χ1) is 6.63. The zero-order chi connectivity index (χ0) is 10.6. The Morgan fingerprint density at radius 3 is 2.93 bits per heavy atom. The summed E-state index contributed by atoms with van der Waals surface area (Å²) in [5, 5.41) is 18.8. The minimum atomic E-state index is 0.160. The Bertz CT molecular complexity index is 379. The van der Waals surface area contributed by atoms with Crippen LogP contribution in [-0.2, 0) is 6.42 Å². The van der Waals surface area contributed by atoms with Gasteiger partial charge in [0.05, 0.1) is 16.9 Å². The molecule has 14 heavy (non-hydrogen) atoms. The predicted molar refractivity (Wildman–Crippen MR) is 56.0 cm³/mol. The van der Waals surface area contributed by atoms with Crippen LogP contribution in [0.3, 0.4) is 0 Å². The molecule has 0 unspecified atom stereocenters. The second-order valence-corrected chi connectivity index (χ2v) is 3.33. The number of rotatable bonds is 3. The van der Waals surface area contributed by atoms with E-state index in [0.29, 0.717) is 11.4 Å². The summed E-state index contributed by atoms with van der Waals surface area (Å²) >= 11 is 11.3. The van der Waals surface area contributed by atoms with Gasteiger partial charge in [-0.2, -0.15) is 0 Å². The van der Waals surface area contributed by atoms with Crippen molar-refractivity contribution in [1.82, 2.24) is 4.98 Å². The zero-order valence-corrected chi connectivity index (χ0v) is 8.55. The molecule has 0 spiro atoms. The summed E-state index contributed by atoms with van der Waals surface area (Å²) in [5.41, 5.74) is 0.900. The van der Waals surface area contributed by atoms with Crippen molar-refractivity contribution >= 4 is 35.1 Å². The molecule has 0 saturated carbocycles. The molecule has 1 aromatic rings. The molecule has 2 N–H and O–H groups in total. The minimum absolute atomic E-state index is 0.160. The van der Waals surface area contributed by atoms with Crippen LogP contribution in [0.1, 0.15) is 5.56 Å². The first kappa shape index (κ1) is 10.9. The highest BCUT2D eigenvalue weighted by molar-refractivity contribution is 6.41. The van der Waals surface area contributed by atoms with Crippen molar-refractivity contribution in [1.29, 1.82) is 5.41 Å². The molecule has 0 saturated heterocycles. The zero-order valence-electron chi connectivity index (χ0n) is 7.04. The van der Waals surface area contributed by atoms with Crippen molar-refractivity contribution in [2.45, 2.75) is 6.42 Å². The fourth-order valence-corrected chi connectivity index (χ4v) is 1.19. The summed E-state index contributed by atoms with van der Waals surface area (Å²) in [6.45, 7) is 0. The number of hydrogen-bond donors (Lipinski definition) is 2. The second-order valence-electron chi connectivity index (χ2n) is 2.56. The molecule has 0 amide bonds. The van der Waals surface area contributed by atoms with Gasteiger partial charge in [-0.05, 0) is 11.6 Å². The summed E-state index contributed by atoms with van der Waals surface area (Å²) in [6, 6.07) is 1.62. The Morgan fingerprint density at radius 2 is 2.36 bits per heavy atom. The lowest BCUT2D eigenvalue weighted by atomic mass is 10.1. The molecule has 0 atom stereocenters. The van der Waals surface area contributed by atoms with Gasteiger partial charge in [0, 0.05) is 12.6 Å². The molecular weight excluding hydrogens is 225 g/mol. The fraction of sp³-hybridized carbons (Fsp3) is 0.125. The van der Waals surface area contributed by atoms with Gasteiger partial charge in [-0.25, -0.2) is 4.98 Å². The average Bonchev–Trinajstić information content (AvgIpc) is 2.12. The van der Waals surface area contributed by atoms with Gasteiger partial charge in [0.25, 0.3) is 0 Å². The molecule has 0 fully saturated rings. The normalized spacial score (nSPS) is 10.7. The average molecular weight is 232 g/mol. The molecule has 1 aromatic heterocycles.